The standard InChI is InChI=1S/C15H16N2O4/c1-20-11-6-10(7-12(8-11)21-2)17-14-4-3-9(16)5-13(14)15(18)19/h3-8,17H,16H2,1-2H3,(H,18,19). The Morgan fingerprint density at radius 1 is 1.10 bits per heavy atom. The van der Waals surface area contributed by atoms with Crippen LogP contribution in [0.3, 0.4) is 0 Å². The van der Waals surface area contributed by atoms with Crippen molar-refractivity contribution in [2.75, 3.05) is 25.3 Å². The van der Waals surface area contributed by atoms with Crippen molar-refractivity contribution in [2.45, 2.75) is 0 Å². The quantitative estimate of drug-likeness (QED) is 0.732. The van der Waals surface area contributed by atoms with Gasteiger partial charge < -0.3 is 25.6 Å². The van der Waals surface area contributed by atoms with Gasteiger partial charge in [0, 0.05) is 29.6 Å². The van der Waals surface area contributed by atoms with E-state index in [1.165, 1.54) is 6.07 Å². The second-order valence-electron chi connectivity index (χ2n) is 4.34. The summed E-state index contributed by atoms with van der Waals surface area (Å²) < 4.78 is 10.4. The van der Waals surface area contributed by atoms with E-state index in [0.29, 0.717) is 28.6 Å². The molecule has 21 heavy (non-hydrogen) atoms. The summed E-state index contributed by atoms with van der Waals surface area (Å²) in [5.41, 5.74) is 7.19. The maximum absolute atomic E-state index is 11.3. The van der Waals surface area contributed by atoms with Gasteiger partial charge in [0.15, 0.2) is 0 Å². The van der Waals surface area contributed by atoms with Crippen molar-refractivity contribution in [3.63, 3.8) is 0 Å². The Bertz CT molecular complexity index is 648. The van der Waals surface area contributed by atoms with Gasteiger partial charge in [-0.15, -0.1) is 0 Å². The number of benzene rings is 2. The van der Waals surface area contributed by atoms with Crippen LogP contribution in [0.25, 0.3) is 0 Å². The molecular formula is C15H16N2O4. The molecule has 0 fully saturated rings. The highest BCUT2D eigenvalue weighted by atomic mass is 16.5. The third-order valence-corrected chi connectivity index (χ3v) is 2.90. The average Bonchev–Trinajstić information content (AvgIpc) is 2.48. The number of methoxy groups -OCH3 is 2. The number of carbonyl (C=O) groups is 1. The first-order chi connectivity index (χ1) is 10.0. The Labute approximate surface area is 122 Å². The number of hydrogen-bond donors (Lipinski definition) is 3. The van der Waals surface area contributed by atoms with Crippen LogP contribution in [0.15, 0.2) is 36.4 Å². The molecule has 0 aromatic heterocycles. The molecule has 0 spiro atoms. The molecule has 0 heterocycles. The first-order valence-corrected chi connectivity index (χ1v) is 6.16. The molecule has 2 aromatic rings. The summed E-state index contributed by atoms with van der Waals surface area (Å²) in [4.78, 5) is 11.3. The molecule has 0 amide bonds. The zero-order valence-corrected chi connectivity index (χ0v) is 11.7. The summed E-state index contributed by atoms with van der Waals surface area (Å²) in [6, 6.07) is 9.86. The Morgan fingerprint density at radius 3 is 2.24 bits per heavy atom. The summed E-state index contributed by atoms with van der Waals surface area (Å²) in [6.07, 6.45) is 0. The number of nitrogens with one attached hydrogen (secondary N) is 1. The van der Waals surface area contributed by atoms with Gasteiger partial charge in [0.2, 0.25) is 0 Å². The van der Waals surface area contributed by atoms with Crippen molar-refractivity contribution in [1.29, 1.82) is 0 Å². The van der Waals surface area contributed by atoms with E-state index in [1.807, 2.05) is 0 Å². The van der Waals surface area contributed by atoms with E-state index in [-0.39, 0.29) is 5.56 Å². The van der Waals surface area contributed by atoms with E-state index in [0.717, 1.165) is 0 Å². The Hall–Kier alpha value is -2.89. The lowest BCUT2D eigenvalue weighted by molar-refractivity contribution is 0.0698. The second-order valence-corrected chi connectivity index (χ2v) is 4.34. The first-order valence-electron chi connectivity index (χ1n) is 6.16. The number of aromatic carboxylic acids is 1. The smallest absolute Gasteiger partial charge is 0.337 e. The van der Waals surface area contributed by atoms with Crippen LogP contribution in [-0.4, -0.2) is 25.3 Å². The number of hydrogen-bond acceptors (Lipinski definition) is 5. The second kappa shape index (κ2) is 6.04. The maximum atomic E-state index is 11.3. The predicted octanol–water partition coefficient (Wildman–Crippen LogP) is 2.73. The highest BCUT2D eigenvalue weighted by molar-refractivity contribution is 5.96. The number of anilines is 3. The fourth-order valence-corrected chi connectivity index (χ4v) is 1.88. The van der Waals surface area contributed by atoms with Crippen LogP contribution >= 0.6 is 0 Å². The van der Waals surface area contributed by atoms with E-state index in [4.69, 9.17) is 15.2 Å². The molecule has 0 saturated carbocycles. The van der Waals surface area contributed by atoms with Crippen molar-refractivity contribution >= 4 is 23.0 Å². The molecule has 110 valence electrons. The Kier molecular flexibility index (Phi) is 4.18. The van der Waals surface area contributed by atoms with Crippen LogP contribution in [0, 0.1) is 0 Å². The van der Waals surface area contributed by atoms with E-state index in [1.54, 1.807) is 44.6 Å². The zero-order valence-electron chi connectivity index (χ0n) is 11.7. The van der Waals surface area contributed by atoms with Crippen LogP contribution in [0.5, 0.6) is 11.5 Å². The topological polar surface area (TPSA) is 93.8 Å². The third-order valence-electron chi connectivity index (χ3n) is 2.90. The van der Waals surface area contributed by atoms with Crippen molar-refractivity contribution in [3.05, 3.63) is 42.0 Å². The molecule has 6 nitrogen and oxygen atoms in total. The number of nitrogens with two attached hydrogens (primary N) is 1. The van der Waals surface area contributed by atoms with E-state index >= 15 is 0 Å². The molecule has 0 bridgehead atoms. The largest absolute Gasteiger partial charge is 0.497 e. The number of nitrogen functional groups attached to an aromatic ring is 1. The monoisotopic (exact) mass is 288 g/mol. The number of ether oxygens (including phenoxy) is 2. The molecule has 0 saturated heterocycles. The molecule has 2 aromatic carbocycles. The summed E-state index contributed by atoms with van der Waals surface area (Å²) in [5, 5.41) is 12.3. The van der Waals surface area contributed by atoms with Crippen molar-refractivity contribution < 1.29 is 19.4 Å². The van der Waals surface area contributed by atoms with Crippen molar-refractivity contribution in [2.24, 2.45) is 0 Å². The SMILES string of the molecule is COc1cc(Nc2ccc(N)cc2C(=O)O)cc(OC)c1. The van der Waals surface area contributed by atoms with E-state index in [9.17, 15) is 9.90 Å². The lowest BCUT2D eigenvalue weighted by atomic mass is 10.1. The molecule has 0 unspecified atom stereocenters. The molecular weight excluding hydrogens is 272 g/mol. The fraction of sp³-hybridized carbons (Fsp3) is 0.133. The number of carboxylic acids is 1. The molecule has 4 N–H and O–H groups in total. The van der Waals surface area contributed by atoms with E-state index in [2.05, 4.69) is 5.32 Å². The summed E-state index contributed by atoms with van der Waals surface area (Å²) >= 11 is 0. The molecule has 2 rings (SSSR count). The lowest BCUT2D eigenvalue weighted by Gasteiger charge is -2.13. The van der Waals surface area contributed by atoms with Gasteiger partial charge in [0.25, 0.3) is 0 Å². The Morgan fingerprint density at radius 2 is 1.71 bits per heavy atom. The first kappa shape index (κ1) is 14.5. The van der Waals surface area contributed by atoms with Crippen LogP contribution in [0.2, 0.25) is 0 Å². The minimum atomic E-state index is -1.06. The predicted molar refractivity (Wildman–Crippen MR) is 80.6 cm³/mol. The Balaban J connectivity index is 2.40. The lowest BCUT2D eigenvalue weighted by Crippen LogP contribution is -2.04. The van der Waals surface area contributed by atoms with Gasteiger partial charge in [0.05, 0.1) is 25.5 Å². The van der Waals surface area contributed by atoms with Gasteiger partial charge in [-0.3, -0.25) is 0 Å². The van der Waals surface area contributed by atoms with Crippen LogP contribution in [0.4, 0.5) is 17.1 Å². The number of carboxylic acid groups (broad SMARTS) is 1. The minimum absolute atomic E-state index is 0.0942. The maximum Gasteiger partial charge on any atom is 0.337 e. The van der Waals surface area contributed by atoms with Gasteiger partial charge in [-0.2, -0.15) is 0 Å². The normalized spacial score (nSPS) is 10.0. The van der Waals surface area contributed by atoms with Crippen molar-refractivity contribution in [3.8, 4) is 11.5 Å². The average molecular weight is 288 g/mol. The van der Waals surface area contributed by atoms with Crippen LogP contribution in [-0.2, 0) is 0 Å². The molecule has 0 radical (unpaired) electrons. The van der Waals surface area contributed by atoms with Gasteiger partial charge in [-0.25, -0.2) is 4.79 Å². The van der Waals surface area contributed by atoms with Crippen LogP contribution in [0.1, 0.15) is 10.4 Å². The molecule has 0 atom stereocenters. The van der Waals surface area contributed by atoms with Gasteiger partial charge >= 0.3 is 5.97 Å². The minimum Gasteiger partial charge on any atom is -0.497 e. The van der Waals surface area contributed by atoms with Crippen LogP contribution < -0.4 is 20.5 Å². The molecule has 6 heteroatoms. The summed E-state index contributed by atoms with van der Waals surface area (Å²) in [6.45, 7) is 0. The van der Waals surface area contributed by atoms with Gasteiger partial charge in [-0.1, -0.05) is 0 Å². The van der Waals surface area contributed by atoms with Crippen molar-refractivity contribution in [1.82, 2.24) is 0 Å². The highest BCUT2D eigenvalue weighted by Gasteiger charge is 2.11. The highest BCUT2D eigenvalue weighted by Crippen LogP contribution is 2.29. The molecule has 0 aliphatic carbocycles. The van der Waals surface area contributed by atoms with Gasteiger partial charge in [0.1, 0.15) is 11.5 Å². The number of rotatable bonds is 5. The summed E-state index contributed by atoms with van der Waals surface area (Å²) in [5.74, 6) is 0.146. The van der Waals surface area contributed by atoms with E-state index < -0.39 is 5.97 Å². The fourth-order valence-electron chi connectivity index (χ4n) is 1.88. The van der Waals surface area contributed by atoms with Gasteiger partial charge in [-0.05, 0) is 18.2 Å². The summed E-state index contributed by atoms with van der Waals surface area (Å²) in [7, 11) is 3.09. The third kappa shape index (κ3) is 3.36. The molecule has 0 aliphatic rings. The zero-order chi connectivity index (χ0) is 15.4. The molecule has 0 aliphatic heterocycles.